The quantitative estimate of drug-likeness (QED) is 0.609. The first kappa shape index (κ1) is 24.4. The minimum absolute atomic E-state index is 0. The molecule has 0 fully saturated rings. The summed E-state index contributed by atoms with van der Waals surface area (Å²) in [5, 5.41) is 28.1. The zero-order valence-electron chi connectivity index (χ0n) is 13.3. The summed E-state index contributed by atoms with van der Waals surface area (Å²) in [4.78, 5) is 29.8. The van der Waals surface area contributed by atoms with Crippen molar-refractivity contribution in [2.75, 3.05) is 0 Å². The fraction of sp³-hybridized carbons (Fsp3) is 0.0556. The van der Waals surface area contributed by atoms with Crippen molar-refractivity contribution in [2.45, 2.75) is 6.92 Å². The molecule has 0 aromatic heterocycles. The molecule has 1 N–H and O–H groups in total. The molecule has 2 aromatic carbocycles. The number of carboxylic acids is 3. The number of carbonyl (C=O) groups is 3. The molecule has 1 radical (unpaired) electrons. The number of aliphatic carboxylic acids is 1. The normalized spacial score (nSPS) is 8.20. The van der Waals surface area contributed by atoms with E-state index in [-0.39, 0.29) is 33.8 Å². The van der Waals surface area contributed by atoms with E-state index in [1.54, 1.807) is 36.4 Å². The maximum Gasteiger partial charge on any atom is 2.00 e. The van der Waals surface area contributed by atoms with Gasteiger partial charge in [0.25, 0.3) is 0 Å². The molecule has 2 rings (SSSR count). The second kappa shape index (κ2) is 13.5. The summed E-state index contributed by atoms with van der Waals surface area (Å²) in [5.41, 5.74) is 0.616. The molecule has 0 atom stereocenters. The number of hydrogen-bond donors (Lipinski definition) is 1. The van der Waals surface area contributed by atoms with E-state index in [2.05, 4.69) is 6.58 Å². The molecule has 6 nitrogen and oxygen atoms in total. The van der Waals surface area contributed by atoms with Gasteiger partial charge >= 0.3 is 23.0 Å². The van der Waals surface area contributed by atoms with Crippen molar-refractivity contribution in [3.8, 4) is 0 Å². The van der Waals surface area contributed by atoms with Gasteiger partial charge in [-0.1, -0.05) is 67.2 Å². The third-order valence-electron chi connectivity index (χ3n) is 2.38. The van der Waals surface area contributed by atoms with Gasteiger partial charge in [0.1, 0.15) is 0 Å². The third kappa shape index (κ3) is 12.2. The molecule has 0 saturated heterocycles. The van der Waals surface area contributed by atoms with Crippen LogP contribution in [0.4, 0.5) is 0 Å². The van der Waals surface area contributed by atoms with Crippen molar-refractivity contribution >= 4 is 17.9 Å². The van der Waals surface area contributed by atoms with Crippen LogP contribution in [-0.4, -0.2) is 23.0 Å². The molecule has 0 heterocycles. The van der Waals surface area contributed by atoms with Gasteiger partial charge in [-0.25, -0.2) is 4.79 Å². The molecule has 0 amide bonds. The summed E-state index contributed by atoms with van der Waals surface area (Å²) in [5.74, 6) is -3.19. The van der Waals surface area contributed by atoms with Crippen molar-refractivity contribution in [2.24, 2.45) is 0 Å². The molecule has 0 aliphatic carbocycles. The van der Waals surface area contributed by atoms with E-state index in [1.165, 1.54) is 31.2 Å². The van der Waals surface area contributed by atoms with Crippen LogP contribution in [0, 0.1) is 0 Å². The van der Waals surface area contributed by atoms with Gasteiger partial charge in [-0.2, -0.15) is 0 Å². The molecule has 7 heteroatoms. The van der Waals surface area contributed by atoms with Crippen molar-refractivity contribution < 1.29 is 46.8 Å². The standard InChI is InChI=1S/2C7H6O2.C4H6O2.Cu/c2*8-7(9)6-4-2-1-3-5-6;1-3(2)4(5)6;/h2*1-5H,(H,8,9);1H2,2H3,(H,5,6);/q;;;+2/p-2. The first-order chi connectivity index (χ1) is 11.3. The van der Waals surface area contributed by atoms with Gasteiger partial charge in [0.2, 0.25) is 0 Å². The van der Waals surface area contributed by atoms with E-state index >= 15 is 0 Å². The number of hydrogen-bond acceptors (Lipinski definition) is 5. The molecule has 0 bridgehead atoms. The Labute approximate surface area is 155 Å². The average Bonchev–Trinajstić information content (AvgIpc) is 2.57. The van der Waals surface area contributed by atoms with Crippen LogP contribution in [-0.2, 0) is 21.9 Å². The number of aromatic carboxylic acids is 2. The Morgan fingerprint density at radius 2 is 1.04 bits per heavy atom. The van der Waals surface area contributed by atoms with Gasteiger partial charge in [-0.15, -0.1) is 0 Å². The molecule has 25 heavy (non-hydrogen) atoms. The van der Waals surface area contributed by atoms with E-state index in [0.29, 0.717) is 0 Å². The molecule has 135 valence electrons. The minimum atomic E-state index is -1.13. The first-order valence-electron chi connectivity index (χ1n) is 6.67. The summed E-state index contributed by atoms with van der Waals surface area (Å²) >= 11 is 0. The van der Waals surface area contributed by atoms with Crippen molar-refractivity contribution in [3.05, 3.63) is 83.9 Å². The Hall–Kier alpha value is -2.89. The molecule has 0 unspecified atom stereocenters. The summed E-state index contributed by atoms with van der Waals surface area (Å²) in [6, 6.07) is 16.1. The predicted octanol–water partition coefficient (Wildman–Crippen LogP) is 0.745. The van der Waals surface area contributed by atoms with Gasteiger partial charge in [0.05, 0.1) is 11.9 Å². The number of rotatable bonds is 3. The molecular formula is C18H16CuO6. The second-order valence-electron chi connectivity index (χ2n) is 4.39. The third-order valence-corrected chi connectivity index (χ3v) is 2.38. The molecule has 0 aliphatic rings. The summed E-state index contributed by atoms with van der Waals surface area (Å²) in [6.07, 6.45) is 0. The molecule has 2 aromatic rings. The van der Waals surface area contributed by atoms with Crippen LogP contribution in [0.2, 0.25) is 0 Å². The summed E-state index contributed by atoms with van der Waals surface area (Å²) < 4.78 is 0. The predicted molar refractivity (Wildman–Crippen MR) is 84.0 cm³/mol. The maximum absolute atomic E-state index is 10.1. The topological polar surface area (TPSA) is 118 Å². The zero-order valence-corrected chi connectivity index (χ0v) is 14.2. The van der Waals surface area contributed by atoms with E-state index in [9.17, 15) is 24.6 Å². The van der Waals surface area contributed by atoms with Gasteiger partial charge in [0, 0.05) is 5.57 Å². The van der Waals surface area contributed by atoms with Crippen LogP contribution in [0.15, 0.2) is 72.8 Å². The smallest absolute Gasteiger partial charge is 0.545 e. The monoisotopic (exact) mass is 391 g/mol. The Morgan fingerprint density at radius 3 is 1.16 bits per heavy atom. The van der Waals surface area contributed by atoms with Gasteiger partial charge < -0.3 is 24.9 Å². The van der Waals surface area contributed by atoms with Gasteiger partial charge in [0.15, 0.2) is 0 Å². The largest absolute Gasteiger partial charge is 2.00 e. The number of benzene rings is 2. The molecule has 0 aliphatic heterocycles. The SMILES string of the molecule is C=C(C)C(=O)O.O=C([O-])c1ccccc1.O=C([O-])c1ccccc1.[Cu+2]. The van der Waals surface area contributed by atoms with Crippen LogP contribution < -0.4 is 10.2 Å². The minimum Gasteiger partial charge on any atom is -0.545 e. The van der Waals surface area contributed by atoms with E-state index < -0.39 is 17.9 Å². The Bertz CT molecular complexity index is 622. The number of carboxylic acid groups (broad SMARTS) is 3. The van der Waals surface area contributed by atoms with Crippen molar-refractivity contribution in [3.63, 3.8) is 0 Å². The fourth-order valence-corrected chi connectivity index (χ4v) is 1.15. The molecule has 0 saturated carbocycles. The van der Waals surface area contributed by atoms with Gasteiger partial charge in [-0.3, -0.25) is 0 Å². The van der Waals surface area contributed by atoms with E-state index in [0.717, 1.165) is 0 Å². The van der Waals surface area contributed by atoms with Crippen LogP contribution >= 0.6 is 0 Å². The van der Waals surface area contributed by atoms with Crippen LogP contribution in [0.25, 0.3) is 0 Å². The fourth-order valence-electron chi connectivity index (χ4n) is 1.15. The number of carbonyl (C=O) groups excluding carboxylic acids is 2. The van der Waals surface area contributed by atoms with E-state index in [4.69, 9.17) is 5.11 Å². The van der Waals surface area contributed by atoms with Gasteiger partial charge in [-0.05, 0) is 18.1 Å². The van der Waals surface area contributed by atoms with Crippen LogP contribution in [0.5, 0.6) is 0 Å². The maximum atomic E-state index is 10.1. The molecule has 0 spiro atoms. The Balaban J connectivity index is 0. The van der Waals surface area contributed by atoms with Crippen molar-refractivity contribution in [1.29, 1.82) is 0 Å². The van der Waals surface area contributed by atoms with Crippen molar-refractivity contribution in [1.82, 2.24) is 0 Å². The Kier molecular flexibility index (Phi) is 13.2. The summed E-state index contributed by atoms with van der Waals surface area (Å²) in [7, 11) is 0. The second-order valence-corrected chi connectivity index (χ2v) is 4.39. The summed E-state index contributed by atoms with van der Waals surface area (Å²) in [6.45, 7) is 4.60. The van der Waals surface area contributed by atoms with E-state index in [1.807, 2.05) is 0 Å². The van der Waals surface area contributed by atoms with Crippen LogP contribution in [0.1, 0.15) is 27.6 Å². The van der Waals surface area contributed by atoms with Crippen LogP contribution in [0.3, 0.4) is 0 Å². The first-order valence-corrected chi connectivity index (χ1v) is 6.67. The molecular weight excluding hydrogens is 376 g/mol. The average molecular weight is 392 g/mol. The Morgan fingerprint density at radius 1 is 0.800 bits per heavy atom. The zero-order chi connectivity index (χ0) is 18.5.